The number of ether oxygens (including phenoxy) is 5. The molecule has 0 spiro atoms. The number of rotatable bonds is 22. The lowest BCUT2D eigenvalue weighted by Crippen LogP contribution is -2.30. The maximum atomic E-state index is 14.5. The van der Waals surface area contributed by atoms with Crippen LogP contribution in [-0.2, 0) is 36.9 Å². The number of phenols is 1. The van der Waals surface area contributed by atoms with Crippen LogP contribution in [0.2, 0.25) is 15.1 Å². The summed E-state index contributed by atoms with van der Waals surface area (Å²) >= 11 is 21.6. The van der Waals surface area contributed by atoms with E-state index in [4.69, 9.17) is 62.7 Å². The number of aromatic nitrogens is 5. The number of carbonyl (C=O) groups is 1. The molecule has 75 heavy (non-hydrogen) atoms. The first-order chi connectivity index (χ1) is 36.0. The summed E-state index contributed by atoms with van der Waals surface area (Å²) in [5.41, 5.74) is 4.11. The van der Waals surface area contributed by atoms with Crippen molar-refractivity contribution in [2.45, 2.75) is 50.9 Å². The van der Waals surface area contributed by atoms with Crippen molar-refractivity contribution in [1.82, 2.24) is 24.5 Å². The summed E-state index contributed by atoms with van der Waals surface area (Å²) in [5.74, 6) is -1.18. The highest BCUT2D eigenvalue weighted by molar-refractivity contribution is 7.86. The minimum atomic E-state index is -4.24. The maximum Gasteiger partial charge on any atom is 0.345 e. The number of hydrogen-bond acceptors (Lipinski definition) is 14. The number of para-hydroxylation sites is 1. The molecule has 0 fully saturated rings. The topological polar surface area (TPSA) is 204 Å². The van der Waals surface area contributed by atoms with E-state index < -0.39 is 40.7 Å². The molecule has 0 radical (unpaired) electrons. The Morgan fingerprint density at radius 1 is 0.867 bits per heavy atom. The van der Waals surface area contributed by atoms with Gasteiger partial charge < -0.3 is 38.5 Å². The van der Waals surface area contributed by atoms with E-state index in [2.05, 4.69) is 26.5 Å². The summed E-state index contributed by atoms with van der Waals surface area (Å²) in [6, 6.07) is 24.8. The van der Waals surface area contributed by atoms with E-state index >= 15 is 0 Å². The van der Waals surface area contributed by atoms with Crippen LogP contribution in [0.25, 0.3) is 39.4 Å². The predicted octanol–water partition coefficient (Wildman–Crippen LogP) is 11.3. The first-order valence-corrected chi connectivity index (χ1v) is 25.4. The molecule has 16 nitrogen and oxygen atoms in total. The number of aryl methyl sites for hydroxylation is 1. The Balaban J connectivity index is 1.17. The van der Waals surface area contributed by atoms with E-state index in [1.807, 2.05) is 25.1 Å². The third kappa shape index (κ3) is 12.0. The molecule has 2 unspecified atom stereocenters. The van der Waals surface area contributed by atoms with Crippen LogP contribution in [-0.4, -0.2) is 88.2 Å². The van der Waals surface area contributed by atoms with Gasteiger partial charge in [-0.25, -0.2) is 24.1 Å². The molecule has 8 aromatic rings. The van der Waals surface area contributed by atoms with Crippen LogP contribution < -0.4 is 18.9 Å². The summed E-state index contributed by atoms with van der Waals surface area (Å²) in [6.07, 6.45) is 1.13. The van der Waals surface area contributed by atoms with E-state index in [0.717, 1.165) is 11.9 Å². The Labute approximate surface area is 446 Å². The minimum Gasteiger partial charge on any atom is -0.508 e. The Morgan fingerprint density at radius 2 is 1.59 bits per heavy atom. The van der Waals surface area contributed by atoms with Gasteiger partial charge in [-0.1, -0.05) is 70.7 Å². The van der Waals surface area contributed by atoms with Gasteiger partial charge in [-0.2, -0.15) is 13.4 Å². The Hall–Kier alpha value is -7.32. The molecule has 21 heteroatoms. The zero-order valence-corrected chi connectivity index (χ0v) is 43.7. The fourth-order valence-electron chi connectivity index (χ4n) is 8.06. The summed E-state index contributed by atoms with van der Waals surface area (Å²) in [4.78, 5) is 31.2. The third-order valence-electron chi connectivity index (χ3n) is 11.7. The number of carboxylic acids is 1. The van der Waals surface area contributed by atoms with Crippen LogP contribution in [0.3, 0.4) is 0 Å². The van der Waals surface area contributed by atoms with Gasteiger partial charge in [0.25, 0.3) is 10.1 Å². The van der Waals surface area contributed by atoms with Crippen molar-refractivity contribution >= 4 is 61.9 Å². The number of halogens is 4. The van der Waals surface area contributed by atoms with Gasteiger partial charge in [-0.05, 0) is 105 Å². The standard InChI is InChI=1S/C54H47Cl3FN5O11S/c1-6-23-70-27-38(28-72-75(67,68)39-18-11-30(2)12-19-39)73-51-44(55)31(3)48(32(4)45(51)56)63-49(33-13-15-35(58)16-14-33)46(57)47-50(63)53(61-29-60-47)74-43(54(65)66)25-34-24-37(64)17-20-41(34)71-26-36-21-22-59-52(62-36)40-9-7-8-10-42(40)69-5/h6-22,24,29,38,43,64H,1,23,25-28H2,2-5H3,(H,65,66). The van der Waals surface area contributed by atoms with Gasteiger partial charge in [0.2, 0.25) is 12.0 Å². The number of methoxy groups -OCH3 is 1. The highest BCUT2D eigenvalue weighted by Crippen LogP contribution is 2.48. The number of carboxylic acid groups (broad SMARTS) is 1. The fraction of sp³-hybridized carbons (Fsp3) is 0.204. The Morgan fingerprint density at radius 3 is 2.28 bits per heavy atom. The smallest absolute Gasteiger partial charge is 0.345 e. The number of aromatic hydroxyl groups is 1. The molecule has 0 bridgehead atoms. The zero-order valence-electron chi connectivity index (χ0n) is 40.6. The second-order valence-electron chi connectivity index (χ2n) is 16.9. The van der Waals surface area contributed by atoms with Gasteiger partial charge in [0.1, 0.15) is 59.7 Å². The minimum absolute atomic E-state index is 0.0177. The average molecular weight is 1100 g/mol. The summed E-state index contributed by atoms with van der Waals surface area (Å²) in [5, 5.41) is 21.4. The molecule has 0 saturated heterocycles. The van der Waals surface area contributed by atoms with Crippen LogP contribution in [0.1, 0.15) is 27.9 Å². The number of benzene rings is 5. The Kier molecular flexibility index (Phi) is 16.9. The van der Waals surface area contributed by atoms with Crippen molar-refractivity contribution < 1.29 is 55.7 Å². The van der Waals surface area contributed by atoms with Crippen LogP contribution >= 0.6 is 34.8 Å². The van der Waals surface area contributed by atoms with Gasteiger partial charge in [0.05, 0.1) is 62.9 Å². The molecule has 0 saturated carbocycles. The van der Waals surface area contributed by atoms with E-state index in [-0.39, 0.29) is 91.6 Å². The molecule has 8 rings (SSSR count). The molecule has 2 atom stereocenters. The molecule has 0 aliphatic rings. The lowest BCUT2D eigenvalue weighted by Gasteiger charge is -2.25. The number of fused-ring (bicyclic) bond motifs is 1. The normalized spacial score (nSPS) is 12.3. The molecule has 2 N–H and O–H groups in total. The average Bonchev–Trinajstić information content (AvgIpc) is 3.72. The summed E-state index contributed by atoms with van der Waals surface area (Å²) in [6.45, 7) is 8.20. The lowest BCUT2D eigenvalue weighted by atomic mass is 10.1. The molecule has 0 amide bonds. The van der Waals surface area contributed by atoms with Crippen LogP contribution in [0.4, 0.5) is 4.39 Å². The van der Waals surface area contributed by atoms with Gasteiger partial charge in [-0.3, -0.25) is 4.18 Å². The number of phenolic OH excluding ortho intramolecular Hbond substituents is 1. The molecule has 0 aliphatic heterocycles. The van der Waals surface area contributed by atoms with Gasteiger partial charge >= 0.3 is 5.97 Å². The quantitative estimate of drug-likeness (QED) is 0.0368. The van der Waals surface area contributed by atoms with E-state index in [1.165, 1.54) is 60.7 Å². The molecular weight excluding hydrogens is 1050 g/mol. The van der Waals surface area contributed by atoms with Crippen molar-refractivity contribution in [3.05, 3.63) is 171 Å². The van der Waals surface area contributed by atoms with Crippen molar-refractivity contribution in [2.75, 3.05) is 26.9 Å². The monoisotopic (exact) mass is 1100 g/mol. The molecule has 5 aromatic carbocycles. The fourth-order valence-corrected chi connectivity index (χ4v) is 9.83. The highest BCUT2D eigenvalue weighted by atomic mass is 35.5. The van der Waals surface area contributed by atoms with Crippen molar-refractivity contribution in [2.24, 2.45) is 0 Å². The predicted molar refractivity (Wildman–Crippen MR) is 281 cm³/mol. The molecule has 3 aromatic heterocycles. The number of nitrogens with zero attached hydrogens (tertiary/aromatic N) is 5. The Bertz CT molecular complexity index is 3500. The van der Waals surface area contributed by atoms with Crippen LogP contribution in [0.15, 0.2) is 127 Å². The molecular formula is C54H47Cl3FN5O11S. The van der Waals surface area contributed by atoms with Crippen molar-refractivity contribution in [3.8, 4) is 57.2 Å². The van der Waals surface area contributed by atoms with Crippen LogP contribution in [0, 0.1) is 26.6 Å². The van der Waals surface area contributed by atoms with Gasteiger partial charge in [0, 0.05) is 23.7 Å². The van der Waals surface area contributed by atoms with E-state index in [0.29, 0.717) is 45.2 Å². The SMILES string of the molecule is C=CCOCC(COS(=O)(=O)c1ccc(C)cc1)Oc1c(Cl)c(C)c(-n2c(-c3ccc(F)cc3)c(Cl)c3ncnc(OC(Cc4cc(O)ccc4OCc4ccnc(-c5ccccc5OC)n4)C(=O)O)c32)c(C)c1Cl. The first kappa shape index (κ1) is 54.0. The highest BCUT2D eigenvalue weighted by Gasteiger charge is 2.32. The zero-order chi connectivity index (χ0) is 53.6. The number of hydrogen-bond donors (Lipinski definition) is 2. The lowest BCUT2D eigenvalue weighted by molar-refractivity contribution is -0.145. The van der Waals surface area contributed by atoms with Crippen molar-refractivity contribution in [3.63, 3.8) is 0 Å². The van der Waals surface area contributed by atoms with Gasteiger partial charge in [-0.15, -0.1) is 6.58 Å². The van der Waals surface area contributed by atoms with E-state index in [9.17, 15) is 27.8 Å². The number of aliphatic carboxylic acids is 1. The largest absolute Gasteiger partial charge is 0.508 e. The van der Waals surface area contributed by atoms with Crippen molar-refractivity contribution in [1.29, 1.82) is 0 Å². The summed E-state index contributed by atoms with van der Waals surface area (Å²) < 4.78 is 78.1. The first-order valence-electron chi connectivity index (χ1n) is 22.9. The van der Waals surface area contributed by atoms with Crippen LogP contribution in [0.5, 0.6) is 28.9 Å². The second kappa shape index (κ2) is 23.5. The maximum absolute atomic E-state index is 14.5. The molecule has 0 aliphatic carbocycles. The molecule has 3 heterocycles. The van der Waals surface area contributed by atoms with Gasteiger partial charge in [0.15, 0.2) is 11.6 Å². The summed E-state index contributed by atoms with van der Waals surface area (Å²) in [7, 11) is -2.69. The van der Waals surface area contributed by atoms with E-state index in [1.54, 1.807) is 56.0 Å². The second-order valence-corrected chi connectivity index (χ2v) is 19.6. The molecule has 388 valence electrons. The third-order valence-corrected chi connectivity index (χ3v) is 14.3.